The lowest BCUT2D eigenvalue weighted by atomic mass is 10.00. The highest BCUT2D eigenvalue weighted by molar-refractivity contribution is 4.97. The Labute approximate surface area is 115 Å². The van der Waals surface area contributed by atoms with Crippen LogP contribution in [0.15, 0.2) is 4.52 Å². The van der Waals surface area contributed by atoms with Crippen molar-refractivity contribution in [1.82, 2.24) is 15.5 Å². The second-order valence-electron chi connectivity index (χ2n) is 5.18. The van der Waals surface area contributed by atoms with E-state index in [2.05, 4.69) is 29.3 Å². The Morgan fingerprint density at radius 3 is 2.79 bits per heavy atom. The maximum atomic E-state index is 5.40. The van der Waals surface area contributed by atoms with E-state index < -0.39 is 0 Å². The molecule has 1 aromatic rings. The fourth-order valence-corrected chi connectivity index (χ4v) is 2.60. The van der Waals surface area contributed by atoms with Gasteiger partial charge in [-0.1, -0.05) is 25.4 Å². The topological polar surface area (TPSA) is 60.2 Å². The van der Waals surface area contributed by atoms with Gasteiger partial charge in [-0.05, 0) is 25.8 Å². The number of likely N-dealkylation sites (N-methyl/N-ethyl adjacent to an activating group) is 1. The molecule has 108 valence electrons. The number of hydrogen-bond acceptors (Lipinski definition) is 5. The molecular weight excluding hydrogens is 242 g/mol. The summed E-state index contributed by atoms with van der Waals surface area (Å²) in [5.41, 5.74) is 0. The van der Waals surface area contributed by atoms with Crippen molar-refractivity contribution in [1.29, 1.82) is 0 Å². The zero-order valence-corrected chi connectivity index (χ0v) is 12.0. The summed E-state index contributed by atoms with van der Waals surface area (Å²) in [7, 11) is 0. The second-order valence-corrected chi connectivity index (χ2v) is 5.18. The van der Waals surface area contributed by atoms with Crippen molar-refractivity contribution in [2.45, 2.75) is 57.9 Å². The molecular formula is C14H25N3O2. The van der Waals surface area contributed by atoms with Crippen molar-refractivity contribution in [3.63, 3.8) is 0 Å². The number of nitrogens with one attached hydrogen (secondary N) is 1. The molecule has 1 aliphatic heterocycles. The van der Waals surface area contributed by atoms with Crippen LogP contribution in [0.3, 0.4) is 0 Å². The van der Waals surface area contributed by atoms with Crippen molar-refractivity contribution in [3.8, 4) is 0 Å². The molecule has 1 aliphatic rings. The molecule has 19 heavy (non-hydrogen) atoms. The maximum Gasteiger partial charge on any atom is 0.228 e. The molecule has 1 N–H and O–H groups in total. The number of nitrogens with zero attached hydrogens (tertiary/aromatic N) is 2. The quantitative estimate of drug-likeness (QED) is 0.821. The Morgan fingerprint density at radius 2 is 2.11 bits per heavy atom. The fourth-order valence-electron chi connectivity index (χ4n) is 2.60. The molecule has 0 spiro atoms. The normalized spacial score (nSPS) is 18.6. The molecule has 2 rings (SSSR count). The maximum absolute atomic E-state index is 5.40. The van der Waals surface area contributed by atoms with Gasteiger partial charge >= 0.3 is 0 Å². The van der Waals surface area contributed by atoms with Gasteiger partial charge in [0.15, 0.2) is 5.82 Å². The summed E-state index contributed by atoms with van der Waals surface area (Å²) in [5.74, 6) is 2.04. The fraction of sp³-hybridized carbons (Fsp3) is 0.857. The van der Waals surface area contributed by atoms with E-state index in [1.807, 2.05) is 0 Å². The van der Waals surface area contributed by atoms with Crippen LogP contribution in [0.4, 0.5) is 0 Å². The molecule has 2 heterocycles. The van der Waals surface area contributed by atoms with Crippen molar-refractivity contribution in [2.75, 3.05) is 19.8 Å². The highest BCUT2D eigenvalue weighted by Crippen LogP contribution is 2.24. The van der Waals surface area contributed by atoms with E-state index in [1.54, 1.807) is 0 Å². The molecule has 0 bridgehead atoms. The summed E-state index contributed by atoms with van der Waals surface area (Å²) in [6, 6.07) is 0.443. The van der Waals surface area contributed by atoms with E-state index in [0.717, 1.165) is 57.2 Å². The minimum atomic E-state index is 0.412. The van der Waals surface area contributed by atoms with Gasteiger partial charge in [0.2, 0.25) is 5.89 Å². The zero-order valence-electron chi connectivity index (χ0n) is 12.0. The van der Waals surface area contributed by atoms with Gasteiger partial charge in [0.25, 0.3) is 0 Å². The van der Waals surface area contributed by atoms with Crippen LogP contribution in [-0.4, -0.2) is 35.9 Å². The summed E-state index contributed by atoms with van der Waals surface area (Å²) in [5, 5.41) is 7.62. The molecule has 0 saturated carbocycles. The SMILES string of the molecule is CCCC(Cc1nc(C2CCOCC2)no1)NCC. The van der Waals surface area contributed by atoms with Crippen LogP contribution in [0.1, 0.15) is 57.2 Å². The molecule has 1 atom stereocenters. The van der Waals surface area contributed by atoms with E-state index in [4.69, 9.17) is 9.26 Å². The predicted octanol–water partition coefficient (Wildman–Crippen LogP) is 2.28. The Kier molecular flexibility index (Phi) is 5.79. The molecule has 1 fully saturated rings. The second kappa shape index (κ2) is 7.60. The Balaban J connectivity index is 1.91. The number of aromatic nitrogens is 2. The van der Waals surface area contributed by atoms with Crippen LogP contribution >= 0.6 is 0 Å². The molecule has 0 aliphatic carbocycles. The van der Waals surface area contributed by atoms with E-state index >= 15 is 0 Å². The van der Waals surface area contributed by atoms with Crippen LogP contribution in [0.25, 0.3) is 0 Å². The van der Waals surface area contributed by atoms with Gasteiger partial charge in [-0.2, -0.15) is 4.98 Å². The summed E-state index contributed by atoms with van der Waals surface area (Å²) < 4.78 is 10.8. The molecule has 5 nitrogen and oxygen atoms in total. The Bertz CT molecular complexity index is 355. The van der Waals surface area contributed by atoms with Crippen molar-refractivity contribution in [2.24, 2.45) is 0 Å². The first-order valence-electron chi connectivity index (χ1n) is 7.47. The van der Waals surface area contributed by atoms with Crippen LogP contribution < -0.4 is 5.32 Å². The number of hydrogen-bond donors (Lipinski definition) is 1. The average Bonchev–Trinajstić information content (AvgIpc) is 2.89. The lowest BCUT2D eigenvalue weighted by Crippen LogP contribution is -2.30. The summed E-state index contributed by atoms with van der Waals surface area (Å²) in [6.45, 7) is 6.93. The summed E-state index contributed by atoms with van der Waals surface area (Å²) in [6.07, 6.45) is 5.15. The first-order valence-corrected chi connectivity index (χ1v) is 7.47. The smallest absolute Gasteiger partial charge is 0.228 e. The Hall–Kier alpha value is -0.940. The van der Waals surface area contributed by atoms with E-state index in [1.165, 1.54) is 6.42 Å². The third-order valence-electron chi connectivity index (χ3n) is 3.62. The highest BCUT2D eigenvalue weighted by atomic mass is 16.5. The first kappa shape index (κ1) is 14.5. The average molecular weight is 267 g/mol. The lowest BCUT2D eigenvalue weighted by molar-refractivity contribution is 0.0830. The molecule has 0 amide bonds. The van der Waals surface area contributed by atoms with Crippen molar-refractivity contribution in [3.05, 3.63) is 11.7 Å². The third kappa shape index (κ3) is 4.28. The van der Waals surface area contributed by atoms with Crippen LogP contribution in [0.5, 0.6) is 0 Å². The van der Waals surface area contributed by atoms with Crippen LogP contribution in [0, 0.1) is 0 Å². The molecule has 0 radical (unpaired) electrons. The first-order chi connectivity index (χ1) is 9.33. The van der Waals surface area contributed by atoms with E-state index in [-0.39, 0.29) is 0 Å². The van der Waals surface area contributed by atoms with Gasteiger partial charge in [0.05, 0.1) is 0 Å². The highest BCUT2D eigenvalue weighted by Gasteiger charge is 2.22. The van der Waals surface area contributed by atoms with Gasteiger partial charge in [-0.25, -0.2) is 0 Å². The largest absolute Gasteiger partial charge is 0.381 e. The predicted molar refractivity (Wildman–Crippen MR) is 73.2 cm³/mol. The van der Waals surface area contributed by atoms with E-state index in [9.17, 15) is 0 Å². The van der Waals surface area contributed by atoms with Crippen LogP contribution in [-0.2, 0) is 11.2 Å². The monoisotopic (exact) mass is 267 g/mol. The van der Waals surface area contributed by atoms with Gasteiger partial charge in [-0.3, -0.25) is 0 Å². The third-order valence-corrected chi connectivity index (χ3v) is 3.62. The number of rotatable bonds is 7. The standard InChI is InChI=1S/C14H25N3O2/c1-3-5-12(15-4-2)10-13-16-14(17-19-13)11-6-8-18-9-7-11/h11-12,15H,3-10H2,1-2H3. The Morgan fingerprint density at radius 1 is 1.32 bits per heavy atom. The molecule has 5 heteroatoms. The van der Waals surface area contributed by atoms with Crippen molar-refractivity contribution >= 4 is 0 Å². The zero-order chi connectivity index (χ0) is 13.5. The van der Waals surface area contributed by atoms with Crippen LogP contribution in [0.2, 0.25) is 0 Å². The molecule has 1 unspecified atom stereocenters. The van der Waals surface area contributed by atoms with Gasteiger partial charge in [0, 0.05) is 31.6 Å². The number of ether oxygens (including phenoxy) is 1. The van der Waals surface area contributed by atoms with Gasteiger partial charge in [0.1, 0.15) is 0 Å². The van der Waals surface area contributed by atoms with Gasteiger partial charge in [-0.15, -0.1) is 0 Å². The lowest BCUT2D eigenvalue weighted by Gasteiger charge is -2.18. The minimum absolute atomic E-state index is 0.412. The molecule has 0 aromatic carbocycles. The van der Waals surface area contributed by atoms with Crippen molar-refractivity contribution < 1.29 is 9.26 Å². The van der Waals surface area contributed by atoms with Gasteiger partial charge < -0.3 is 14.6 Å². The summed E-state index contributed by atoms with van der Waals surface area (Å²) in [4.78, 5) is 4.56. The summed E-state index contributed by atoms with van der Waals surface area (Å²) >= 11 is 0. The van der Waals surface area contributed by atoms with E-state index in [0.29, 0.717) is 12.0 Å². The molecule has 1 saturated heterocycles. The molecule has 1 aromatic heterocycles. The minimum Gasteiger partial charge on any atom is -0.381 e.